The van der Waals surface area contributed by atoms with E-state index >= 15 is 0 Å². The second kappa shape index (κ2) is 6.47. The average molecular weight is 294 g/mol. The van der Waals surface area contributed by atoms with Gasteiger partial charge in [-0.15, -0.1) is 5.10 Å². The van der Waals surface area contributed by atoms with Crippen molar-refractivity contribution in [3.8, 4) is 0 Å². The molecule has 114 valence electrons. The van der Waals surface area contributed by atoms with Gasteiger partial charge in [-0.3, -0.25) is 14.5 Å². The van der Waals surface area contributed by atoms with E-state index in [9.17, 15) is 14.4 Å². The molecule has 2 heterocycles. The zero-order valence-corrected chi connectivity index (χ0v) is 12.2. The highest BCUT2D eigenvalue weighted by atomic mass is 16.5. The van der Waals surface area contributed by atoms with Gasteiger partial charge in [0.25, 0.3) is 0 Å². The monoisotopic (exact) mass is 294 g/mol. The van der Waals surface area contributed by atoms with Crippen molar-refractivity contribution in [3.63, 3.8) is 0 Å². The molecule has 0 atom stereocenters. The Morgan fingerprint density at radius 3 is 2.48 bits per heavy atom. The summed E-state index contributed by atoms with van der Waals surface area (Å²) in [5.74, 6) is -0.853. The summed E-state index contributed by atoms with van der Waals surface area (Å²) in [4.78, 5) is 36.0. The number of aromatic nitrogens is 3. The van der Waals surface area contributed by atoms with Crippen LogP contribution in [0.25, 0.3) is 0 Å². The van der Waals surface area contributed by atoms with E-state index in [4.69, 9.17) is 0 Å². The Kier molecular flexibility index (Phi) is 4.66. The molecule has 0 bridgehead atoms. The standard InChI is InChI=1S/C13H18N4O4/c1-3-4-9-12(13(20)21-2)14-15-17(9)8-7-16-10(18)5-6-11(16)19/h3-8H2,1-2H3. The molecule has 1 aliphatic rings. The van der Waals surface area contributed by atoms with Crippen LogP contribution in [0.2, 0.25) is 0 Å². The third-order valence-electron chi connectivity index (χ3n) is 3.39. The van der Waals surface area contributed by atoms with E-state index in [1.165, 1.54) is 12.0 Å². The van der Waals surface area contributed by atoms with Gasteiger partial charge in [-0.25, -0.2) is 9.48 Å². The largest absolute Gasteiger partial charge is 0.464 e. The minimum absolute atomic E-state index is 0.162. The molecule has 8 nitrogen and oxygen atoms in total. The van der Waals surface area contributed by atoms with Crippen molar-refractivity contribution >= 4 is 17.8 Å². The number of hydrogen-bond donors (Lipinski definition) is 0. The Labute approximate surface area is 122 Å². The molecule has 0 spiro atoms. The predicted octanol–water partition coefficient (Wildman–Crippen LogP) is 0.166. The Hall–Kier alpha value is -2.25. The molecule has 0 unspecified atom stereocenters. The molecule has 0 radical (unpaired) electrons. The van der Waals surface area contributed by atoms with Gasteiger partial charge in [0.05, 0.1) is 19.3 Å². The maximum atomic E-state index is 11.6. The maximum absolute atomic E-state index is 11.6. The van der Waals surface area contributed by atoms with Crippen molar-refractivity contribution in [3.05, 3.63) is 11.4 Å². The van der Waals surface area contributed by atoms with Gasteiger partial charge in [-0.1, -0.05) is 18.6 Å². The van der Waals surface area contributed by atoms with Crippen molar-refractivity contribution in [2.24, 2.45) is 0 Å². The molecule has 1 aromatic heterocycles. The van der Waals surface area contributed by atoms with Crippen LogP contribution in [0, 0.1) is 0 Å². The number of amides is 2. The van der Waals surface area contributed by atoms with E-state index in [-0.39, 0.29) is 36.9 Å². The van der Waals surface area contributed by atoms with E-state index in [1.807, 2.05) is 6.92 Å². The SMILES string of the molecule is CCCc1c(C(=O)OC)nnn1CCN1C(=O)CCC1=O. The minimum atomic E-state index is -0.530. The first-order valence-corrected chi connectivity index (χ1v) is 6.92. The summed E-state index contributed by atoms with van der Waals surface area (Å²) >= 11 is 0. The number of carbonyl (C=O) groups is 3. The number of likely N-dealkylation sites (tertiary alicyclic amines) is 1. The first-order chi connectivity index (χ1) is 10.1. The van der Waals surface area contributed by atoms with E-state index in [0.717, 1.165) is 6.42 Å². The third kappa shape index (κ3) is 3.09. The van der Waals surface area contributed by atoms with Crippen molar-refractivity contribution in [1.29, 1.82) is 0 Å². The molecule has 1 fully saturated rings. The van der Waals surface area contributed by atoms with Gasteiger partial charge in [0.15, 0.2) is 5.69 Å². The highest BCUT2D eigenvalue weighted by Gasteiger charge is 2.29. The summed E-state index contributed by atoms with van der Waals surface area (Å²) in [6.45, 7) is 2.56. The number of ether oxygens (including phenoxy) is 1. The fraction of sp³-hybridized carbons (Fsp3) is 0.615. The third-order valence-corrected chi connectivity index (χ3v) is 3.39. The van der Waals surface area contributed by atoms with E-state index < -0.39 is 5.97 Å². The fourth-order valence-electron chi connectivity index (χ4n) is 2.32. The molecular formula is C13H18N4O4. The van der Waals surface area contributed by atoms with Crippen LogP contribution >= 0.6 is 0 Å². The van der Waals surface area contributed by atoms with Crippen molar-refractivity contribution in [2.45, 2.75) is 39.2 Å². The summed E-state index contributed by atoms with van der Waals surface area (Å²) < 4.78 is 6.24. The van der Waals surface area contributed by atoms with Gasteiger partial charge < -0.3 is 4.74 Å². The van der Waals surface area contributed by atoms with Crippen LogP contribution in [0.15, 0.2) is 0 Å². The zero-order chi connectivity index (χ0) is 15.4. The molecule has 2 rings (SSSR count). The Balaban J connectivity index is 2.12. The van der Waals surface area contributed by atoms with Crippen molar-refractivity contribution in [1.82, 2.24) is 19.9 Å². The summed E-state index contributed by atoms with van der Waals surface area (Å²) in [5.41, 5.74) is 0.863. The minimum Gasteiger partial charge on any atom is -0.464 e. The lowest BCUT2D eigenvalue weighted by Crippen LogP contribution is -2.32. The lowest BCUT2D eigenvalue weighted by molar-refractivity contribution is -0.138. The van der Waals surface area contributed by atoms with Crippen molar-refractivity contribution < 1.29 is 19.1 Å². The molecule has 8 heteroatoms. The van der Waals surface area contributed by atoms with Crippen LogP contribution in [0.5, 0.6) is 0 Å². The lowest BCUT2D eigenvalue weighted by atomic mass is 10.2. The van der Waals surface area contributed by atoms with Crippen LogP contribution in [-0.4, -0.2) is 51.3 Å². The number of esters is 1. The molecule has 1 aliphatic heterocycles. The maximum Gasteiger partial charge on any atom is 0.360 e. The quantitative estimate of drug-likeness (QED) is 0.548. The van der Waals surface area contributed by atoms with E-state index in [1.54, 1.807) is 4.68 Å². The first-order valence-electron chi connectivity index (χ1n) is 6.92. The van der Waals surface area contributed by atoms with Gasteiger partial charge in [0.1, 0.15) is 0 Å². The average Bonchev–Trinajstić information content (AvgIpc) is 3.01. The highest BCUT2D eigenvalue weighted by molar-refractivity contribution is 6.01. The van der Waals surface area contributed by atoms with Gasteiger partial charge in [0.2, 0.25) is 11.8 Å². The molecule has 21 heavy (non-hydrogen) atoms. The van der Waals surface area contributed by atoms with Crippen LogP contribution in [0.1, 0.15) is 42.4 Å². The highest BCUT2D eigenvalue weighted by Crippen LogP contribution is 2.13. The normalized spacial score (nSPS) is 14.9. The van der Waals surface area contributed by atoms with E-state index in [0.29, 0.717) is 18.7 Å². The molecule has 0 aromatic carbocycles. The van der Waals surface area contributed by atoms with Gasteiger partial charge in [-0.2, -0.15) is 0 Å². The second-order valence-electron chi connectivity index (χ2n) is 4.79. The number of carbonyl (C=O) groups excluding carboxylic acids is 3. The number of imide groups is 1. The summed E-state index contributed by atoms with van der Waals surface area (Å²) in [7, 11) is 1.29. The summed E-state index contributed by atoms with van der Waals surface area (Å²) in [5, 5.41) is 7.77. The molecule has 0 N–H and O–H groups in total. The number of hydrogen-bond acceptors (Lipinski definition) is 6. The number of nitrogens with zero attached hydrogens (tertiary/aromatic N) is 4. The molecule has 1 saturated heterocycles. The van der Waals surface area contributed by atoms with Gasteiger partial charge in [-0.05, 0) is 6.42 Å². The van der Waals surface area contributed by atoms with Gasteiger partial charge >= 0.3 is 5.97 Å². The predicted molar refractivity (Wildman–Crippen MR) is 71.3 cm³/mol. The fourth-order valence-corrected chi connectivity index (χ4v) is 2.32. The Morgan fingerprint density at radius 1 is 1.24 bits per heavy atom. The number of rotatable bonds is 6. The van der Waals surface area contributed by atoms with Crippen LogP contribution in [-0.2, 0) is 27.3 Å². The molecular weight excluding hydrogens is 276 g/mol. The van der Waals surface area contributed by atoms with Crippen LogP contribution in [0.4, 0.5) is 0 Å². The van der Waals surface area contributed by atoms with Crippen LogP contribution in [0.3, 0.4) is 0 Å². The van der Waals surface area contributed by atoms with E-state index in [2.05, 4.69) is 15.0 Å². The van der Waals surface area contributed by atoms with Gasteiger partial charge in [0, 0.05) is 19.4 Å². The smallest absolute Gasteiger partial charge is 0.360 e. The topological polar surface area (TPSA) is 94.4 Å². The second-order valence-corrected chi connectivity index (χ2v) is 4.79. The molecule has 0 saturated carbocycles. The Bertz CT molecular complexity index is 551. The molecule has 0 aliphatic carbocycles. The molecule has 1 aromatic rings. The Morgan fingerprint density at radius 2 is 1.90 bits per heavy atom. The lowest BCUT2D eigenvalue weighted by Gasteiger charge is -2.14. The van der Waals surface area contributed by atoms with Crippen molar-refractivity contribution in [2.75, 3.05) is 13.7 Å². The first kappa shape index (κ1) is 15.1. The summed E-state index contributed by atoms with van der Waals surface area (Å²) in [6.07, 6.45) is 1.98. The number of methoxy groups -OCH3 is 1. The van der Waals surface area contributed by atoms with Crippen LogP contribution < -0.4 is 0 Å². The summed E-state index contributed by atoms with van der Waals surface area (Å²) in [6, 6.07) is 0. The molecule has 2 amide bonds. The zero-order valence-electron chi connectivity index (χ0n) is 12.2.